The molecule has 1 fully saturated rings. The predicted octanol–water partition coefficient (Wildman–Crippen LogP) is 4.86. The van der Waals surface area contributed by atoms with Gasteiger partial charge in [0.1, 0.15) is 23.4 Å². The zero-order valence-electron chi connectivity index (χ0n) is 19.5. The van der Waals surface area contributed by atoms with E-state index in [1.165, 1.54) is 18.2 Å². The molecule has 9 heteroatoms. The van der Waals surface area contributed by atoms with Crippen LogP contribution in [-0.2, 0) is 5.41 Å². The Balaban J connectivity index is 1.49. The normalized spacial score (nSPS) is 22.9. The first kappa shape index (κ1) is 21.9. The quantitative estimate of drug-likeness (QED) is 0.438. The van der Waals surface area contributed by atoms with Crippen molar-refractivity contribution < 1.29 is 13.9 Å². The molecule has 7 nitrogen and oxygen atoms in total. The van der Waals surface area contributed by atoms with E-state index in [9.17, 15) is 13.9 Å². The average molecular weight is 475 g/mol. The largest absolute Gasteiger partial charge is 0.385 e. The summed E-state index contributed by atoms with van der Waals surface area (Å²) < 4.78 is 29.0. The third-order valence-corrected chi connectivity index (χ3v) is 7.91. The van der Waals surface area contributed by atoms with E-state index in [1.807, 2.05) is 18.2 Å². The third-order valence-electron chi connectivity index (χ3n) is 7.91. The number of fused-ring (bicyclic) bond motifs is 5. The van der Waals surface area contributed by atoms with Gasteiger partial charge in [0.05, 0.1) is 28.1 Å². The van der Waals surface area contributed by atoms with Gasteiger partial charge in [-0.3, -0.25) is 5.10 Å². The molecule has 6 rings (SSSR count). The van der Waals surface area contributed by atoms with Crippen LogP contribution in [0.1, 0.15) is 68.4 Å². The minimum atomic E-state index is -0.766. The lowest BCUT2D eigenvalue weighted by Gasteiger charge is -2.37. The number of hydrogen-bond donors (Lipinski definition) is 2. The summed E-state index contributed by atoms with van der Waals surface area (Å²) in [5.74, 6) is -0.391. The highest BCUT2D eigenvalue weighted by molar-refractivity contribution is 5.64. The molecule has 1 aromatic carbocycles. The smallest absolute Gasteiger partial charge is 0.199 e. The molecule has 1 saturated carbocycles. The number of nitrogens with one attached hydrogen (secondary N) is 1. The van der Waals surface area contributed by atoms with E-state index in [-0.39, 0.29) is 22.6 Å². The molecule has 3 atom stereocenters. The maximum Gasteiger partial charge on any atom is 0.199 e. The van der Waals surface area contributed by atoms with Gasteiger partial charge in [0.25, 0.3) is 0 Å². The first-order chi connectivity index (χ1) is 16.7. The van der Waals surface area contributed by atoms with Crippen molar-refractivity contribution in [2.45, 2.75) is 51.0 Å². The second-order valence-electron chi connectivity index (χ2n) is 9.98. The van der Waals surface area contributed by atoms with Gasteiger partial charge in [-0.2, -0.15) is 10.2 Å². The Morgan fingerprint density at radius 1 is 1.03 bits per heavy atom. The van der Waals surface area contributed by atoms with E-state index in [4.69, 9.17) is 4.98 Å². The number of benzene rings is 1. The molecule has 178 valence electrons. The molecular formula is C26H24F2N6O. The van der Waals surface area contributed by atoms with Gasteiger partial charge >= 0.3 is 0 Å². The van der Waals surface area contributed by atoms with Crippen LogP contribution >= 0.6 is 0 Å². The highest BCUT2D eigenvalue weighted by Gasteiger charge is 2.65. The topological polar surface area (TPSA) is 100 Å². The number of aliphatic hydroxyl groups excluding tert-OH is 1. The molecule has 2 aliphatic rings. The second kappa shape index (κ2) is 7.45. The highest BCUT2D eigenvalue weighted by Crippen LogP contribution is 2.69. The monoisotopic (exact) mass is 474 g/mol. The molecule has 3 aromatic heterocycles. The van der Waals surface area contributed by atoms with Crippen LogP contribution in [0.4, 0.5) is 8.78 Å². The lowest BCUT2D eigenvalue weighted by Crippen LogP contribution is -2.37. The molecule has 2 N–H and O–H groups in total. The van der Waals surface area contributed by atoms with E-state index in [2.05, 4.69) is 39.2 Å². The zero-order chi connectivity index (χ0) is 24.5. The summed E-state index contributed by atoms with van der Waals surface area (Å²) in [4.78, 5) is 9.33. The van der Waals surface area contributed by atoms with E-state index in [0.29, 0.717) is 17.3 Å². The third kappa shape index (κ3) is 2.94. The van der Waals surface area contributed by atoms with E-state index < -0.39 is 23.2 Å². The van der Waals surface area contributed by atoms with Crippen LogP contribution in [0.25, 0.3) is 22.8 Å². The number of rotatable bonds is 4. The number of halogens is 2. The number of H-pyrrole nitrogens is 1. The number of aromatic amines is 1. The minimum absolute atomic E-state index is 0.150. The number of aliphatic hydroxyl groups is 1. The molecule has 0 spiro atoms. The Hall–Kier alpha value is -3.59. The number of pyridine rings is 1. The lowest BCUT2D eigenvalue weighted by atomic mass is 9.66. The molecule has 0 unspecified atom stereocenters. The van der Waals surface area contributed by atoms with Crippen molar-refractivity contribution in [3.8, 4) is 22.8 Å². The van der Waals surface area contributed by atoms with Crippen LogP contribution in [-0.4, -0.2) is 35.5 Å². The molecule has 2 aliphatic carbocycles. The van der Waals surface area contributed by atoms with E-state index in [1.54, 1.807) is 13.0 Å². The number of hydrogen-bond acceptors (Lipinski definition) is 6. The first-order valence-corrected chi connectivity index (χ1v) is 11.6. The molecule has 3 heterocycles. The zero-order valence-corrected chi connectivity index (χ0v) is 19.5. The summed E-state index contributed by atoms with van der Waals surface area (Å²) in [5.41, 5.74) is 2.49. The molecule has 0 aliphatic heterocycles. The Morgan fingerprint density at radius 2 is 1.77 bits per heavy atom. The fourth-order valence-corrected chi connectivity index (χ4v) is 6.13. The molecule has 4 aromatic rings. The maximum atomic E-state index is 14.5. The van der Waals surface area contributed by atoms with Gasteiger partial charge in [-0.15, -0.1) is 5.10 Å². The fourth-order valence-electron chi connectivity index (χ4n) is 6.13. The van der Waals surface area contributed by atoms with Crippen molar-refractivity contribution in [3.63, 3.8) is 0 Å². The van der Waals surface area contributed by atoms with Gasteiger partial charge in [0.2, 0.25) is 0 Å². The van der Waals surface area contributed by atoms with Crippen LogP contribution in [0, 0.1) is 17.0 Å². The van der Waals surface area contributed by atoms with Gasteiger partial charge in [-0.25, -0.2) is 18.7 Å². The van der Waals surface area contributed by atoms with E-state index in [0.717, 1.165) is 29.8 Å². The summed E-state index contributed by atoms with van der Waals surface area (Å²) in [6.07, 6.45) is 0.977. The van der Waals surface area contributed by atoms with Gasteiger partial charge in [-0.05, 0) is 67.0 Å². The molecule has 0 saturated heterocycles. The Bertz CT molecular complexity index is 1450. The maximum absolute atomic E-state index is 14.5. The van der Waals surface area contributed by atoms with E-state index >= 15 is 0 Å². The van der Waals surface area contributed by atoms with Crippen LogP contribution < -0.4 is 0 Å². The minimum Gasteiger partial charge on any atom is -0.385 e. The number of nitrogens with zero attached hydrogens (tertiary/aromatic N) is 5. The Morgan fingerprint density at radius 3 is 2.49 bits per heavy atom. The molecular weight excluding hydrogens is 450 g/mol. The fraction of sp³-hybridized carbons (Fsp3) is 0.346. The molecule has 2 bridgehead atoms. The molecule has 0 amide bonds. The standard InChI is InChI=1S/C26H24F2N6O/c1-13(35)23-30-24(34-33-23)18-8-5-9-20(29-18)26-11-10-15(25(26,2)3)14-12-19(31-32-22(14)26)21-16(27)6-4-7-17(21)28/h4-9,12-13,15,35H,10-11H2,1-3H3,(H,30,33,34)/t13-,15-,26+/m0/s1. The summed E-state index contributed by atoms with van der Waals surface area (Å²) in [6, 6.07) is 11.3. The van der Waals surface area contributed by atoms with Gasteiger partial charge < -0.3 is 5.11 Å². The number of aromatic nitrogens is 6. The van der Waals surface area contributed by atoms with Crippen molar-refractivity contribution in [2.75, 3.05) is 0 Å². The van der Waals surface area contributed by atoms with Crippen molar-refractivity contribution in [2.24, 2.45) is 5.41 Å². The SMILES string of the molecule is C[C@H](O)c1nc(-c2cccc([C@]34CC[C@@H](c5cc(-c6c(F)cccc6F)nnc53)C4(C)C)n2)n[nH]1. The summed E-state index contributed by atoms with van der Waals surface area (Å²) in [6.45, 7) is 6.01. The first-order valence-electron chi connectivity index (χ1n) is 11.6. The van der Waals surface area contributed by atoms with Crippen molar-refractivity contribution in [1.82, 2.24) is 30.4 Å². The van der Waals surface area contributed by atoms with Crippen LogP contribution in [0.2, 0.25) is 0 Å². The Labute approximate surface area is 200 Å². The van der Waals surface area contributed by atoms with Crippen LogP contribution in [0.3, 0.4) is 0 Å². The van der Waals surface area contributed by atoms with Crippen molar-refractivity contribution in [3.05, 3.63) is 76.9 Å². The molecule has 35 heavy (non-hydrogen) atoms. The van der Waals surface area contributed by atoms with Gasteiger partial charge in [-0.1, -0.05) is 26.0 Å². The van der Waals surface area contributed by atoms with Crippen LogP contribution in [0.5, 0.6) is 0 Å². The summed E-state index contributed by atoms with van der Waals surface area (Å²) in [7, 11) is 0. The highest BCUT2D eigenvalue weighted by atomic mass is 19.1. The van der Waals surface area contributed by atoms with Crippen LogP contribution in [0.15, 0.2) is 42.5 Å². The van der Waals surface area contributed by atoms with Crippen molar-refractivity contribution >= 4 is 0 Å². The van der Waals surface area contributed by atoms with Gasteiger partial charge in [0.15, 0.2) is 11.6 Å². The van der Waals surface area contributed by atoms with Crippen molar-refractivity contribution in [1.29, 1.82) is 0 Å². The Kier molecular flexibility index (Phi) is 4.67. The predicted molar refractivity (Wildman–Crippen MR) is 124 cm³/mol. The second-order valence-corrected chi connectivity index (χ2v) is 9.98. The average Bonchev–Trinajstić information content (AvgIpc) is 3.48. The van der Waals surface area contributed by atoms with Gasteiger partial charge in [0, 0.05) is 0 Å². The summed E-state index contributed by atoms with van der Waals surface area (Å²) in [5, 5.41) is 25.6. The molecule has 0 radical (unpaired) electrons. The summed E-state index contributed by atoms with van der Waals surface area (Å²) >= 11 is 0. The lowest BCUT2D eigenvalue weighted by molar-refractivity contribution is 0.189.